The topological polar surface area (TPSA) is 42.2 Å². The third-order valence-electron chi connectivity index (χ3n) is 4.20. The number of benzene rings is 1. The highest BCUT2D eigenvalue weighted by Gasteiger charge is 2.26. The van der Waals surface area contributed by atoms with E-state index in [1.165, 1.54) is 12.8 Å². The minimum atomic E-state index is 0.402. The summed E-state index contributed by atoms with van der Waals surface area (Å²) in [5, 5.41) is 8.62. The largest absolute Gasteiger partial charge is 0.491 e. The van der Waals surface area contributed by atoms with E-state index in [-0.39, 0.29) is 0 Å². The van der Waals surface area contributed by atoms with Gasteiger partial charge in [0, 0.05) is 0 Å². The van der Waals surface area contributed by atoms with Crippen molar-refractivity contribution in [2.24, 2.45) is 5.41 Å². The van der Waals surface area contributed by atoms with E-state index < -0.39 is 0 Å². The van der Waals surface area contributed by atoms with Crippen molar-refractivity contribution in [2.75, 3.05) is 13.2 Å². The number of hydrogen-bond donors (Lipinski definition) is 0. The van der Waals surface area contributed by atoms with Crippen LogP contribution >= 0.6 is 0 Å². The molecule has 1 aliphatic carbocycles. The fraction of sp³-hybridized carbons (Fsp3) is 0.611. The molecule has 0 heterocycles. The summed E-state index contributed by atoms with van der Waals surface area (Å²) >= 11 is 0. The maximum atomic E-state index is 8.62. The molecule has 0 unspecified atom stereocenters. The van der Waals surface area contributed by atoms with Gasteiger partial charge in [-0.1, -0.05) is 26.0 Å². The van der Waals surface area contributed by atoms with Gasteiger partial charge in [-0.3, -0.25) is 0 Å². The van der Waals surface area contributed by atoms with E-state index in [0.29, 0.717) is 31.2 Å². The van der Waals surface area contributed by atoms with Crippen molar-refractivity contribution in [3.8, 4) is 11.8 Å². The van der Waals surface area contributed by atoms with Crippen LogP contribution in [0.3, 0.4) is 0 Å². The molecule has 0 amide bonds. The maximum Gasteiger partial charge on any atom is 0.119 e. The highest BCUT2D eigenvalue weighted by molar-refractivity contribution is 5.28. The molecule has 1 fully saturated rings. The minimum Gasteiger partial charge on any atom is -0.491 e. The van der Waals surface area contributed by atoms with Crippen LogP contribution in [0.4, 0.5) is 0 Å². The lowest BCUT2D eigenvalue weighted by Crippen LogP contribution is -2.27. The average molecular weight is 287 g/mol. The Bertz CT molecular complexity index is 463. The van der Waals surface area contributed by atoms with Crippen LogP contribution in [0.2, 0.25) is 0 Å². The third-order valence-corrected chi connectivity index (χ3v) is 4.20. The lowest BCUT2D eigenvalue weighted by Gasteiger charge is -2.34. The van der Waals surface area contributed by atoms with Crippen molar-refractivity contribution in [1.29, 1.82) is 5.26 Å². The number of nitrogens with zero attached hydrogens (tertiary/aromatic N) is 1. The second kappa shape index (κ2) is 7.47. The summed E-state index contributed by atoms with van der Waals surface area (Å²) < 4.78 is 11.6. The van der Waals surface area contributed by atoms with E-state index in [9.17, 15) is 0 Å². The van der Waals surface area contributed by atoms with Gasteiger partial charge in [-0.25, -0.2) is 0 Å². The van der Waals surface area contributed by atoms with Crippen LogP contribution < -0.4 is 4.74 Å². The SMILES string of the molecule is CC1(C)CCC(OCCOc2ccc(CC#N)cc2)CC1. The Morgan fingerprint density at radius 2 is 1.81 bits per heavy atom. The first kappa shape index (κ1) is 15.9. The molecule has 0 atom stereocenters. The lowest BCUT2D eigenvalue weighted by atomic mass is 9.76. The summed E-state index contributed by atoms with van der Waals surface area (Å²) in [4.78, 5) is 0. The predicted octanol–water partition coefficient (Wildman–Crippen LogP) is 4.12. The molecule has 1 aromatic carbocycles. The molecule has 114 valence electrons. The molecular weight excluding hydrogens is 262 g/mol. The van der Waals surface area contributed by atoms with Crippen molar-refractivity contribution in [1.82, 2.24) is 0 Å². The van der Waals surface area contributed by atoms with Gasteiger partial charge >= 0.3 is 0 Å². The third kappa shape index (κ3) is 5.40. The van der Waals surface area contributed by atoms with Gasteiger partial charge in [-0.05, 0) is 48.8 Å². The molecule has 3 nitrogen and oxygen atoms in total. The van der Waals surface area contributed by atoms with E-state index in [2.05, 4.69) is 19.9 Å². The summed E-state index contributed by atoms with van der Waals surface area (Å²) in [6.45, 7) is 5.90. The Labute approximate surface area is 127 Å². The van der Waals surface area contributed by atoms with Crippen LogP contribution in [-0.2, 0) is 11.2 Å². The molecule has 0 aromatic heterocycles. The number of rotatable bonds is 6. The molecule has 0 spiro atoms. The lowest BCUT2D eigenvalue weighted by molar-refractivity contribution is -0.00732. The molecule has 0 bridgehead atoms. The van der Waals surface area contributed by atoms with Crippen LogP contribution in [-0.4, -0.2) is 19.3 Å². The molecule has 0 aliphatic heterocycles. The Hall–Kier alpha value is -1.53. The summed E-state index contributed by atoms with van der Waals surface area (Å²) in [6.07, 6.45) is 5.67. The first-order chi connectivity index (χ1) is 10.1. The van der Waals surface area contributed by atoms with E-state index in [4.69, 9.17) is 14.7 Å². The van der Waals surface area contributed by atoms with Crippen LogP contribution in [0, 0.1) is 16.7 Å². The summed E-state index contributed by atoms with van der Waals surface area (Å²) in [7, 11) is 0. The second-order valence-corrected chi connectivity index (χ2v) is 6.56. The molecule has 1 saturated carbocycles. The van der Waals surface area contributed by atoms with Gasteiger partial charge in [0.2, 0.25) is 0 Å². The standard InChI is InChI=1S/C18H25NO2/c1-18(2)10-7-17(8-11-18)21-14-13-20-16-5-3-15(4-6-16)9-12-19/h3-6,17H,7-11,13-14H2,1-2H3. The normalized spacial score (nSPS) is 18.1. The van der Waals surface area contributed by atoms with Gasteiger partial charge in [-0.15, -0.1) is 0 Å². The van der Waals surface area contributed by atoms with Crippen molar-refractivity contribution in [3.05, 3.63) is 29.8 Å². The van der Waals surface area contributed by atoms with Crippen LogP contribution in [0.15, 0.2) is 24.3 Å². The molecule has 3 heteroatoms. The molecule has 0 saturated heterocycles. The Balaban J connectivity index is 1.63. The van der Waals surface area contributed by atoms with Gasteiger partial charge in [0.15, 0.2) is 0 Å². The van der Waals surface area contributed by atoms with Gasteiger partial charge < -0.3 is 9.47 Å². The Kier molecular flexibility index (Phi) is 5.64. The quantitative estimate of drug-likeness (QED) is 0.739. The van der Waals surface area contributed by atoms with Crippen LogP contribution in [0.25, 0.3) is 0 Å². The van der Waals surface area contributed by atoms with Crippen LogP contribution in [0.1, 0.15) is 45.1 Å². The number of nitriles is 1. The van der Waals surface area contributed by atoms with E-state index >= 15 is 0 Å². The van der Waals surface area contributed by atoms with Crippen molar-refractivity contribution >= 4 is 0 Å². The minimum absolute atomic E-state index is 0.402. The monoisotopic (exact) mass is 287 g/mol. The van der Waals surface area contributed by atoms with E-state index in [1.807, 2.05) is 24.3 Å². The molecule has 2 rings (SSSR count). The highest BCUT2D eigenvalue weighted by atomic mass is 16.5. The Morgan fingerprint density at radius 1 is 1.14 bits per heavy atom. The van der Waals surface area contributed by atoms with E-state index in [0.717, 1.165) is 24.2 Å². The zero-order chi connectivity index (χ0) is 15.1. The first-order valence-electron chi connectivity index (χ1n) is 7.79. The van der Waals surface area contributed by atoms with Gasteiger partial charge in [0.05, 0.1) is 25.2 Å². The summed E-state index contributed by atoms with van der Waals surface area (Å²) in [6, 6.07) is 9.83. The summed E-state index contributed by atoms with van der Waals surface area (Å²) in [5.41, 5.74) is 1.51. The van der Waals surface area contributed by atoms with Gasteiger partial charge in [-0.2, -0.15) is 5.26 Å². The first-order valence-corrected chi connectivity index (χ1v) is 7.79. The van der Waals surface area contributed by atoms with Crippen molar-refractivity contribution < 1.29 is 9.47 Å². The Morgan fingerprint density at radius 3 is 2.43 bits per heavy atom. The smallest absolute Gasteiger partial charge is 0.119 e. The summed E-state index contributed by atoms with van der Waals surface area (Å²) in [5.74, 6) is 0.838. The highest BCUT2D eigenvalue weighted by Crippen LogP contribution is 2.36. The molecular formula is C18H25NO2. The van der Waals surface area contributed by atoms with Gasteiger partial charge in [0.1, 0.15) is 12.4 Å². The zero-order valence-electron chi connectivity index (χ0n) is 13.1. The second-order valence-electron chi connectivity index (χ2n) is 6.56. The van der Waals surface area contributed by atoms with Crippen molar-refractivity contribution in [3.63, 3.8) is 0 Å². The predicted molar refractivity (Wildman–Crippen MR) is 83.2 cm³/mol. The number of ether oxygens (including phenoxy) is 2. The molecule has 0 radical (unpaired) electrons. The van der Waals surface area contributed by atoms with Crippen LogP contribution in [0.5, 0.6) is 5.75 Å². The molecule has 21 heavy (non-hydrogen) atoms. The fourth-order valence-corrected chi connectivity index (χ4v) is 2.71. The van der Waals surface area contributed by atoms with Crippen molar-refractivity contribution in [2.45, 2.75) is 52.1 Å². The maximum absolute atomic E-state index is 8.62. The molecule has 1 aromatic rings. The average Bonchev–Trinajstić information content (AvgIpc) is 2.47. The number of hydrogen-bond acceptors (Lipinski definition) is 3. The molecule has 1 aliphatic rings. The van der Waals surface area contributed by atoms with Gasteiger partial charge in [0.25, 0.3) is 0 Å². The molecule has 0 N–H and O–H groups in total. The zero-order valence-corrected chi connectivity index (χ0v) is 13.1. The van der Waals surface area contributed by atoms with E-state index in [1.54, 1.807) is 0 Å². The fourth-order valence-electron chi connectivity index (χ4n) is 2.71.